The van der Waals surface area contributed by atoms with Gasteiger partial charge in [0.1, 0.15) is 6.04 Å². The number of rotatable bonds is 4. The van der Waals surface area contributed by atoms with Crippen molar-refractivity contribution in [1.29, 1.82) is 0 Å². The standard InChI is InChI=1S/C6H11NO4.Li/c1-11-6(10)4(7)2-3-5(8)9;/h4H,2-3,7H2,1H3,(H,8,9);/q;+1/p-1. The number of carboxylic acid groups (broad SMARTS) is 1. The summed E-state index contributed by atoms with van der Waals surface area (Å²) in [4.78, 5) is 20.5. The molecule has 0 spiro atoms. The molecule has 0 rings (SSSR count). The summed E-state index contributed by atoms with van der Waals surface area (Å²) in [5, 5.41) is 9.90. The molecule has 0 aliphatic heterocycles. The van der Waals surface area contributed by atoms with Crippen LogP contribution < -0.4 is 29.7 Å². The Labute approximate surface area is 82.4 Å². The summed E-state index contributed by atoms with van der Waals surface area (Å²) < 4.78 is 4.27. The molecule has 0 saturated heterocycles. The van der Waals surface area contributed by atoms with E-state index in [1.807, 2.05) is 0 Å². The van der Waals surface area contributed by atoms with Crippen LogP contribution in [-0.2, 0) is 14.3 Å². The minimum atomic E-state index is -1.22. The summed E-state index contributed by atoms with van der Waals surface area (Å²) in [6, 6.07) is -0.863. The molecule has 0 bridgehead atoms. The van der Waals surface area contributed by atoms with Crippen LogP contribution in [0.3, 0.4) is 0 Å². The number of carbonyl (C=O) groups excluding carboxylic acids is 2. The van der Waals surface area contributed by atoms with Gasteiger partial charge >= 0.3 is 24.8 Å². The zero-order valence-corrected chi connectivity index (χ0v) is 7.20. The fraction of sp³-hybridized carbons (Fsp3) is 0.667. The first kappa shape index (κ1) is 14.0. The van der Waals surface area contributed by atoms with E-state index in [2.05, 4.69) is 4.74 Å². The molecule has 64 valence electrons. The maximum atomic E-state index is 10.6. The van der Waals surface area contributed by atoms with E-state index >= 15 is 0 Å². The predicted octanol–water partition coefficient (Wildman–Crippen LogP) is -4.98. The molecular weight excluding hydrogens is 157 g/mol. The van der Waals surface area contributed by atoms with Crippen molar-refractivity contribution in [1.82, 2.24) is 0 Å². The fourth-order valence-corrected chi connectivity index (χ4v) is 0.543. The first-order chi connectivity index (χ1) is 5.07. The molecule has 0 aromatic heterocycles. The van der Waals surface area contributed by atoms with Gasteiger partial charge in [-0.05, 0) is 12.8 Å². The van der Waals surface area contributed by atoms with E-state index in [9.17, 15) is 14.7 Å². The van der Waals surface area contributed by atoms with Gasteiger partial charge in [0, 0.05) is 5.97 Å². The third-order valence-electron chi connectivity index (χ3n) is 1.16. The first-order valence-corrected chi connectivity index (χ1v) is 3.11. The van der Waals surface area contributed by atoms with E-state index in [-0.39, 0.29) is 31.7 Å². The molecule has 5 nitrogen and oxygen atoms in total. The molecule has 0 aliphatic rings. The van der Waals surface area contributed by atoms with Gasteiger partial charge in [-0.1, -0.05) is 0 Å². The molecule has 0 saturated carbocycles. The van der Waals surface area contributed by atoms with Crippen molar-refractivity contribution in [2.24, 2.45) is 5.73 Å². The van der Waals surface area contributed by atoms with Gasteiger partial charge in [-0.25, -0.2) is 0 Å². The smallest absolute Gasteiger partial charge is 0.550 e. The van der Waals surface area contributed by atoms with Gasteiger partial charge in [-0.3, -0.25) is 4.79 Å². The Morgan fingerprint density at radius 3 is 2.42 bits per heavy atom. The van der Waals surface area contributed by atoms with E-state index in [0.29, 0.717) is 0 Å². The maximum Gasteiger partial charge on any atom is 1.00 e. The fourth-order valence-electron chi connectivity index (χ4n) is 0.543. The number of esters is 1. The van der Waals surface area contributed by atoms with Crippen LogP contribution in [0.15, 0.2) is 0 Å². The molecule has 0 aromatic rings. The quantitative estimate of drug-likeness (QED) is 0.334. The summed E-state index contributed by atoms with van der Waals surface area (Å²) in [7, 11) is 1.20. The summed E-state index contributed by atoms with van der Waals surface area (Å²) in [5.41, 5.74) is 5.21. The van der Waals surface area contributed by atoms with Crippen LogP contribution in [0.1, 0.15) is 12.8 Å². The predicted molar refractivity (Wildman–Crippen MR) is 34.2 cm³/mol. The number of methoxy groups -OCH3 is 1. The molecule has 12 heavy (non-hydrogen) atoms. The Morgan fingerprint density at radius 1 is 1.58 bits per heavy atom. The van der Waals surface area contributed by atoms with Crippen molar-refractivity contribution >= 4 is 11.9 Å². The maximum absolute atomic E-state index is 10.6. The minimum absolute atomic E-state index is 0. The number of hydrogen-bond acceptors (Lipinski definition) is 5. The molecule has 1 unspecified atom stereocenters. The Kier molecular flexibility index (Phi) is 8.38. The van der Waals surface area contributed by atoms with E-state index in [1.165, 1.54) is 7.11 Å². The zero-order chi connectivity index (χ0) is 8.85. The summed E-state index contributed by atoms with van der Waals surface area (Å²) in [5.74, 6) is -1.82. The normalized spacial score (nSPS) is 11.2. The average Bonchev–Trinajstić information content (AvgIpc) is 1.98. The zero-order valence-electron chi connectivity index (χ0n) is 7.20. The van der Waals surface area contributed by atoms with Crippen LogP contribution in [0.25, 0.3) is 0 Å². The van der Waals surface area contributed by atoms with Crippen LogP contribution in [0.4, 0.5) is 0 Å². The van der Waals surface area contributed by atoms with E-state index < -0.39 is 18.0 Å². The van der Waals surface area contributed by atoms with Crippen molar-refractivity contribution in [3.63, 3.8) is 0 Å². The summed E-state index contributed by atoms with van der Waals surface area (Å²) in [6.07, 6.45) is -0.175. The number of carboxylic acids is 1. The van der Waals surface area contributed by atoms with Crippen LogP contribution in [0, 0.1) is 0 Å². The molecule has 0 heterocycles. The second-order valence-corrected chi connectivity index (χ2v) is 2.04. The number of carbonyl (C=O) groups is 2. The number of aliphatic carboxylic acids is 1. The van der Waals surface area contributed by atoms with Crippen LogP contribution >= 0.6 is 0 Å². The van der Waals surface area contributed by atoms with Gasteiger partial charge in [0.15, 0.2) is 0 Å². The molecule has 6 heteroatoms. The Balaban J connectivity index is 0. The topological polar surface area (TPSA) is 92.5 Å². The molecule has 0 radical (unpaired) electrons. The summed E-state index contributed by atoms with van der Waals surface area (Å²) >= 11 is 0. The van der Waals surface area contributed by atoms with Crippen molar-refractivity contribution in [3.8, 4) is 0 Å². The Hall–Kier alpha value is -0.503. The molecular formula is C6H10LiNO4. The van der Waals surface area contributed by atoms with Crippen LogP contribution in [0.5, 0.6) is 0 Å². The van der Waals surface area contributed by atoms with Crippen molar-refractivity contribution in [3.05, 3.63) is 0 Å². The molecule has 0 aromatic carbocycles. The molecule has 0 fully saturated rings. The first-order valence-electron chi connectivity index (χ1n) is 3.11. The van der Waals surface area contributed by atoms with E-state index in [4.69, 9.17) is 5.73 Å². The molecule has 0 amide bonds. The van der Waals surface area contributed by atoms with Gasteiger partial charge in [-0.2, -0.15) is 0 Å². The number of hydrogen-bond donors (Lipinski definition) is 1. The minimum Gasteiger partial charge on any atom is -0.550 e. The third-order valence-corrected chi connectivity index (χ3v) is 1.16. The van der Waals surface area contributed by atoms with Crippen LogP contribution in [0.2, 0.25) is 0 Å². The SMILES string of the molecule is COC(=O)C(N)CCC(=O)[O-].[Li+]. The summed E-state index contributed by atoms with van der Waals surface area (Å²) in [6.45, 7) is 0. The van der Waals surface area contributed by atoms with E-state index in [0.717, 1.165) is 0 Å². The van der Waals surface area contributed by atoms with Gasteiger partial charge < -0.3 is 20.4 Å². The molecule has 1 atom stereocenters. The van der Waals surface area contributed by atoms with Gasteiger partial charge in [0.2, 0.25) is 0 Å². The molecule has 0 aliphatic carbocycles. The van der Waals surface area contributed by atoms with E-state index in [1.54, 1.807) is 0 Å². The average molecular weight is 167 g/mol. The number of nitrogens with two attached hydrogens (primary N) is 1. The Bertz CT molecular complexity index is 162. The largest absolute Gasteiger partial charge is 1.00 e. The second-order valence-electron chi connectivity index (χ2n) is 2.04. The second kappa shape index (κ2) is 7.16. The monoisotopic (exact) mass is 167 g/mol. The van der Waals surface area contributed by atoms with Crippen molar-refractivity contribution < 1.29 is 38.3 Å². The Morgan fingerprint density at radius 2 is 2.08 bits per heavy atom. The molecule has 2 N–H and O–H groups in total. The van der Waals surface area contributed by atoms with Gasteiger partial charge in [0.25, 0.3) is 0 Å². The van der Waals surface area contributed by atoms with Crippen molar-refractivity contribution in [2.45, 2.75) is 18.9 Å². The number of ether oxygens (including phenoxy) is 1. The van der Waals surface area contributed by atoms with Gasteiger partial charge in [0.05, 0.1) is 7.11 Å². The van der Waals surface area contributed by atoms with Gasteiger partial charge in [-0.15, -0.1) is 0 Å². The van der Waals surface area contributed by atoms with Crippen molar-refractivity contribution in [2.75, 3.05) is 7.11 Å². The van der Waals surface area contributed by atoms with Crippen LogP contribution in [-0.4, -0.2) is 25.1 Å². The third kappa shape index (κ3) is 6.22.